The Morgan fingerprint density at radius 3 is 2.43 bits per heavy atom. The van der Waals surface area contributed by atoms with Crippen LogP contribution in [0, 0.1) is 0 Å². The third kappa shape index (κ3) is 7.76. The molecule has 4 heteroatoms. The minimum Gasteiger partial charge on any atom is -0.460 e. The number of carbonyl (C=O) groups excluding carboxylic acids is 1. The molecule has 0 unspecified atom stereocenters. The lowest BCUT2D eigenvalue weighted by Gasteiger charge is -2.09. The molecule has 0 amide bonds. The minimum absolute atomic E-state index is 0.291. The molecule has 0 saturated heterocycles. The van der Waals surface area contributed by atoms with Crippen molar-refractivity contribution in [2.75, 3.05) is 40.5 Å². The predicted octanol–water partition coefficient (Wildman–Crippen LogP) is 0.684. The van der Waals surface area contributed by atoms with Crippen molar-refractivity contribution in [2.45, 2.75) is 6.92 Å². The lowest BCUT2D eigenvalue weighted by molar-refractivity contribution is -0.140. The molecular formula is C10H19NO3. The van der Waals surface area contributed by atoms with Gasteiger partial charge >= 0.3 is 5.97 Å². The van der Waals surface area contributed by atoms with Gasteiger partial charge in [0.2, 0.25) is 0 Å². The van der Waals surface area contributed by atoms with E-state index in [9.17, 15) is 4.79 Å². The van der Waals surface area contributed by atoms with Crippen molar-refractivity contribution in [3.63, 3.8) is 0 Å². The summed E-state index contributed by atoms with van der Waals surface area (Å²) in [5, 5.41) is 0. The number of esters is 1. The standard InChI is InChI=1S/C10H19NO3/c1-9(2)10(12)14-8-7-13-6-5-11(3)4/h1,5-8H2,2-4H3. The van der Waals surface area contributed by atoms with Crippen LogP contribution in [0.15, 0.2) is 12.2 Å². The van der Waals surface area contributed by atoms with Crippen molar-refractivity contribution in [2.24, 2.45) is 0 Å². The maximum absolute atomic E-state index is 10.9. The fourth-order valence-corrected chi connectivity index (χ4v) is 0.666. The van der Waals surface area contributed by atoms with Gasteiger partial charge in [-0.25, -0.2) is 4.79 Å². The van der Waals surface area contributed by atoms with E-state index in [2.05, 4.69) is 6.58 Å². The number of carbonyl (C=O) groups is 1. The molecule has 0 aromatic carbocycles. The second-order valence-corrected chi connectivity index (χ2v) is 3.33. The number of rotatable bonds is 7. The summed E-state index contributed by atoms with van der Waals surface area (Å²) in [5.74, 6) is -0.360. The highest BCUT2D eigenvalue weighted by molar-refractivity contribution is 5.86. The summed E-state index contributed by atoms with van der Waals surface area (Å²) in [7, 11) is 3.95. The van der Waals surface area contributed by atoms with E-state index in [-0.39, 0.29) is 5.97 Å². The third-order valence-corrected chi connectivity index (χ3v) is 1.49. The van der Waals surface area contributed by atoms with Crippen LogP contribution < -0.4 is 0 Å². The molecule has 0 heterocycles. The highest BCUT2D eigenvalue weighted by atomic mass is 16.6. The van der Waals surface area contributed by atoms with Gasteiger partial charge in [-0.3, -0.25) is 0 Å². The Labute approximate surface area is 85.5 Å². The molecule has 0 aliphatic carbocycles. The van der Waals surface area contributed by atoms with Crippen LogP contribution in [0.25, 0.3) is 0 Å². The van der Waals surface area contributed by atoms with Gasteiger partial charge in [-0.2, -0.15) is 0 Å². The number of hydrogen-bond acceptors (Lipinski definition) is 4. The predicted molar refractivity (Wildman–Crippen MR) is 55.1 cm³/mol. The molecule has 4 nitrogen and oxygen atoms in total. The lowest BCUT2D eigenvalue weighted by atomic mass is 10.4. The number of ether oxygens (including phenoxy) is 2. The number of nitrogens with zero attached hydrogens (tertiary/aromatic N) is 1. The normalized spacial score (nSPS) is 10.3. The van der Waals surface area contributed by atoms with Crippen LogP contribution in [0.5, 0.6) is 0 Å². The van der Waals surface area contributed by atoms with Gasteiger partial charge in [0.1, 0.15) is 6.61 Å². The van der Waals surface area contributed by atoms with Crippen LogP contribution >= 0.6 is 0 Å². The quantitative estimate of drug-likeness (QED) is 0.345. The lowest BCUT2D eigenvalue weighted by Crippen LogP contribution is -2.19. The van der Waals surface area contributed by atoms with Crippen molar-refractivity contribution in [1.82, 2.24) is 4.90 Å². The van der Waals surface area contributed by atoms with Gasteiger partial charge in [-0.1, -0.05) is 6.58 Å². The molecule has 0 saturated carbocycles. The summed E-state index contributed by atoms with van der Waals surface area (Å²) >= 11 is 0. The van der Waals surface area contributed by atoms with Gasteiger partial charge < -0.3 is 14.4 Å². The van der Waals surface area contributed by atoms with E-state index < -0.39 is 0 Å². The molecule has 0 rings (SSSR count). The van der Waals surface area contributed by atoms with Crippen molar-refractivity contribution >= 4 is 5.97 Å². The molecule has 0 N–H and O–H groups in total. The number of likely N-dealkylation sites (N-methyl/N-ethyl adjacent to an activating group) is 1. The molecule has 82 valence electrons. The van der Waals surface area contributed by atoms with E-state index in [1.165, 1.54) is 0 Å². The molecule has 0 bridgehead atoms. The van der Waals surface area contributed by atoms with Crippen LogP contribution in [0.2, 0.25) is 0 Å². The van der Waals surface area contributed by atoms with Crippen LogP contribution in [-0.4, -0.2) is 51.3 Å². The van der Waals surface area contributed by atoms with E-state index >= 15 is 0 Å². The molecule has 0 aromatic rings. The first-order valence-electron chi connectivity index (χ1n) is 4.59. The highest BCUT2D eigenvalue weighted by Crippen LogP contribution is 1.91. The Morgan fingerprint density at radius 2 is 1.93 bits per heavy atom. The molecular weight excluding hydrogens is 182 g/mol. The van der Waals surface area contributed by atoms with Gasteiger partial charge in [0, 0.05) is 12.1 Å². The van der Waals surface area contributed by atoms with E-state index in [0.29, 0.717) is 25.4 Å². The van der Waals surface area contributed by atoms with Crippen molar-refractivity contribution < 1.29 is 14.3 Å². The van der Waals surface area contributed by atoms with Crippen molar-refractivity contribution in [3.05, 3.63) is 12.2 Å². The molecule has 0 spiro atoms. The summed E-state index contributed by atoms with van der Waals surface area (Å²) in [6.45, 7) is 7.34. The van der Waals surface area contributed by atoms with Gasteiger partial charge in [-0.15, -0.1) is 0 Å². The largest absolute Gasteiger partial charge is 0.460 e. The molecule has 0 radical (unpaired) electrons. The highest BCUT2D eigenvalue weighted by Gasteiger charge is 2.01. The van der Waals surface area contributed by atoms with Gasteiger partial charge in [0.15, 0.2) is 0 Å². The minimum atomic E-state index is -0.360. The van der Waals surface area contributed by atoms with E-state index in [1.807, 2.05) is 19.0 Å². The average Bonchev–Trinajstić information content (AvgIpc) is 2.09. The van der Waals surface area contributed by atoms with Crippen LogP contribution in [0.3, 0.4) is 0 Å². The second-order valence-electron chi connectivity index (χ2n) is 3.33. The maximum Gasteiger partial charge on any atom is 0.333 e. The van der Waals surface area contributed by atoms with Crippen LogP contribution in [0.1, 0.15) is 6.92 Å². The summed E-state index contributed by atoms with van der Waals surface area (Å²) in [6, 6.07) is 0. The molecule has 14 heavy (non-hydrogen) atoms. The zero-order valence-electron chi connectivity index (χ0n) is 9.21. The van der Waals surface area contributed by atoms with Crippen LogP contribution in [0.4, 0.5) is 0 Å². The Bertz CT molecular complexity index is 190. The van der Waals surface area contributed by atoms with Gasteiger partial charge in [0.25, 0.3) is 0 Å². The van der Waals surface area contributed by atoms with Gasteiger partial charge in [0.05, 0.1) is 13.2 Å². The molecule has 0 fully saturated rings. The summed E-state index contributed by atoms with van der Waals surface area (Å²) in [4.78, 5) is 12.9. The van der Waals surface area contributed by atoms with E-state index in [0.717, 1.165) is 6.54 Å². The molecule has 0 aliphatic rings. The SMILES string of the molecule is C=C(C)C(=O)OCCOCCN(C)C. The van der Waals surface area contributed by atoms with Crippen molar-refractivity contribution in [1.29, 1.82) is 0 Å². The van der Waals surface area contributed by atoms with Crippen molar-refractivity contribution in [3.8, 4) is 0 Å². The topological polar surface area (TPSA) is 38.8 Å². The molecule has 0 atom stereocenters. The third-order valence-electron chi connectivity index (χ3n) is 1.49. The second kappa shape index (κ2) is 7.53. The zero-order chi connectivity index (χ0) is 11.0. The molecule has 0 aromatic heterocycles. The maximum atomic E-state index is 10.9. The monoisotopic (exact) mass is 201 g/mol. The fraction of sp³-hybridized carbons (Fsp3) is 0.700. The Morgan fingerprint density at radius 1 is 1.29 bits per heavy atom. The first-order valence-corrected chi connectivity index (χ1v) is 4.59. The smallest absolute Gasteiger partial charge is 0.333 e. The first-order chi connectivity index (χ1) is 6.54. The van der Waals surface area contributed by atoms with E-state index in [1.54, 1.807) is 6.92 Å². The Hall–Kier alpha value is -0.870. The molecule has 0 aliphatic heterocycles. The average molecular weight is 201 g/mol. The van der Waals surface area contributed by atoms with E-state index in [4.69, 9.17) is 9.47 Å². The van der Waals surface area contributed by atoms with Gasteiger partial charge in [-0.05, 0) is 21.0 Å². The zero-order valence-corrected chi connectivity index (χ0v) is 9.21. The summed E-state index contributed by atoms with van der Waals surface area (Å²) < 4.78 is 10.1. The summed E-state index contributed by atoms with van der Waals surface area (Å²) in [5.41, 5.74) is 0.415. The number of hydrogen-bond donors (Lipinski definition) is 0. The Kier molecular flexibility index (Phi) is 7.06. The summed E-state index contributed by atoms with van der Waals surface area (Å²) in [6.07, 6.45) is 0. The Balaban J connectivity index is 3.22. The first kappa shape index (κ1) is 13.1. The van der Waals surface area contributed by atoms with Crippen LogP contribution in [-0.2, 0) is 14.3 Å². The fourth-order valence-electron chi connectivity index (χ4n) is 0.666.